The van der Waals surface area contributed by atoms with E-state index in [2.05, 4.69) is 23.1 Å². The van der Waals surface area contributed by atoms with Gasteiger partial charge < -0.3 is 0 Å². The Kier molecular flexibility index (Phi) is 2.48. The summed E-state index contributed by atoms with van der Waals surface area (Å²) < 4.78 is 1.97. The highest BCUT2D eigenvalue weighted by molar-refractivity contribution is 7.19. The Labute approximate surface area is 121 Å². The van der Waals surface area contributed by atoms with Crippen molar-refractivity contribution in [2.75, 3.05) is 0 Å². The van der Waals surface area contributed by atoms with Gasteiger partial charge in [-0.25, -0.2) is 14.6 Å². The predicted octanol–water partition coefficient (Wildman–Crippen LogP) is 3.29. The monoisotopic (exact) mass is 284 g/mol. The predicted molar refractivity (Wildman–Crippen MR) is 80.8 cm³/mol. The highest BCUT2D eigenvalue weighted by atomic mass is 32.1. The van der Waals surface area contributed by atoms with Gasteiger partial charge in [0.05, 0.1) is 11.1 Å². The van der Waals surface area contributed by atoms with Gasteiger partial charge in [-0.1, -0.05) is 0 Å². The third-order valence-electron chi connectivity index (χ3n) is 3.87. The summed E-state index contributed by atoms with van der Waals surface area (Å²) in [6, 6.07) is 2.09. The molecule has 0 N–H and O–H groups in total. The molecule has 0 saturated carbocycles. The fraction of sp³-hybridized carbons (Fsp3) is 0.400. The van der Waals surface area contributed by atoms with Gasteiger partial charge in [-0.15, -0.1) is 11.3 Å². The summed E-state index contributed by atoms with van der Waals surface area (Å²) in [5.41, 5.74) is 3.60. The molecule has 0 saturated heterocycles. The van der Waals surface area contributed by atoms with E-state index in [0.717, 1.165) is 34.3 Å². The molecule has 0 fully saturated rings. The van der Waals surface area contributed by atoms with Crippen molar-refractivity contribution in [2.24, 2.45) is 0 Å². The molecule has 4 rings (SSSR count). The van der Waals surface area contributed by atoms with Crippen molar-refractivity contribution in [3.63, 3.8) is 0 Å². The summed E-state index contributed by atoms with van der Waals surface area (Å²) in [4.78, 5) is 11.9. The van der Waals surface area contributed by atoms with Gasteiger partial charge in [-0.3, -0.25) is 0 Å². The molecular weight excluding hydrogens is 268 g/mol. The maximum atomic E-state index is 4.69. The number of aryl methyl sites for hydroxylation is 5. The molecule has 0 amide bonds. The van der Waals surface area contributed by atoms with E-state index in [0.29, 0.717) is 0 Å². The molecule has 20 heavy (non-hydrogen) atoms. The van der Waals surface area contributed by atoms with E-state index in [1.165, 1.54) is 28.7 Å². The molecule has 5 heteroatoms. The van der Waals surface area contributed by atoms with Gasteiger partial charge in [-0.2, -0.15) is 5.10 Å². The van der Waals surface area contributed by atoms with E-state index in [1.54, 1.807) is 0 Å². The molecule has 1 aliphatic carbocycles. The summed E-state index contributed by atoms with van der Waals surface area (Å²) in [6.45, 7) is 6.06. The Balaban J connectivity index is 2.10. The van der Waals surface area contributed by atoms with E-state index in [1.807, 2.05) is 29.9 Å². The van der Waals surface area contributed by atoms with Crippen LogP contribution in [0.15, 0.2) is 6.07 Å². The molecule has 0 atom stereocenters. The molecule has 0 radical (unpaired) electrons. The first-order valence-corrected chi connectivity index (χ1v) is 7.77. The summed E-state index contributed by atoms with van der Waals surface area (Å²) in [6.07, 6.45) is 3.58. The standard InChI is InChI=1S/C15H16N4S/c1-8-7-9(2)19(18-8)14-13-11-5-4-6-12(11)20-15(13)17-10(3)16-14/h7H,4-6H2,1-3H3. The van der Waals surface area contributed by atoms with Crippen molar-refractivity contribution in [3.8, 4) is 5.82 Å². The van der Waals surface area contributed by atoms with Crippen LogP contribution in [0, 0.1) is 20.8 Å². The normalized spacial score (nSPS) is 14.2. The van der Waals surface area contributed by atoms with Gasteiger partial charge in [0.1, 0.15) is 10.7 Å². The lowest BCUT2D eigenvalue weighted by atomic mass is 10.2. The number of hydrogen-bond acceptors (Lipinski definition) is 4. The second kappa shape index (κ2) is 4.12. The summed E-state index contributed by atoms with van der Waals surface area (Å²) >= 11 is 1.83. The first kappa shape index (κ1) is 12.0. The van der Waals surface area contributed by atoms with Crippen molar-refractivity contribution < 1.29 is 0 Å². The molecule has 102 valence electrons. The molecule has 0 bridgehead atoms. The van der Waals surface area contributed by atoms with Crippen LogP contribution in [-0.4, -0.2) is 19.7 Å². The Bertz CT molecular complexity index is 828. The molecule has 3 aromatic heterocycles. The molecule has 0 spiro atoms. The molecule has 4 nitrogen and oxygen atoms in total. The van der Waals surface area contributed by atoms with Gasteiger partial charge >= 0.3 is 0 Å². The minimum absolute atomic E-state index is 0.819. The van der Waals surface area contributed by atoms with Gasteiger partial charge in [-0.05, 0) is 51.7 Å². The zero-order chi connectivity index (χ0) is 13.9. The van der Waals surface area contributed by atoms with Crippen LogP contribution in [0.3, 0.4) is 0 Å². The lowest BCUT2D eigenvalue weighted by Gasteiger charge is -2.07. The number of hydrogen-bond donors (Lipinski definition) is 0. The van der Waals surface area contributed by atoms with E-state index < -0.39 is 0 Å². The molecule has 0 unspecified atom stereocenters. The lowest BCUT2D eigenvalue weighted by molar-refractivity contribution is 0.802. The summed E-state index contributed by atoms with van der Waals surface area (Å²) in [5, 5.41) is 5.83. The Hall–Kier alpha value is -1.75. The number of nitrogens with zero attached hydrogens (tertiary/aromatic N) is 4. The zero-order valence-corrected chi connectivity index (χ0v) is 12.7. The van der Waals surface area contributed by atoms with Crippen LogP contribution in [0.5, 0.6) is 0 Å². The average Bonchev–Trinajstić information content (AvgIpc) is 3.02. The largest absolute Gasteiger partial charge is 0.222 e. The van der Waals surface area contributed by atoms with Crippen molar-refractivity contribution in [1.82, 2.24) is 19.7 Å². The van der Waals surface area contributed by atoms with Crippen LogP contribution in [0.2, 0.25) is 0 Å². The first-order valence-electron chi connectivity index (χ1n) is 6.96. The van der Waals surface area contributed by atoms with Crippen LogP contribution in [0.4, 0.5) is 0 Å². The first-order chi connectivity index (χ1) is 9.63. The number of fused-ring (bicyclic) bond motifs is 3. The fourth-order valence-electron chi connectivity index (χ4n) is 3.08. The SMILES string of the molecule is Cc1cc(C)n(-c2nc(C)nc3sc4c(c23)CCC4)n1. The van der Waals surface area contributed by atoms with Crippen molar-refractivity contribution in [3.05, 3.63) is 33.7 Å². The van der Waals surface area contributed by atoms with Crippen LogP contribution < -0.4 is 0 Å². The van der Waals surface area contributed by atoms with E-state index in [9.17, 15) is 0 Å². The Morgan fingerprint density at radius 2 is 2.00 bits per heavy atom. The fourth-order valence-corrected chi connectivity index (χ4v) is 4.38. The Morgan fingerprint density at radius 1 is 1.15 bits per heavy atom. The number of thiophene rings is 1. The maximum absolute atomic E-state index is 4.69. The van der Waals surface area contributed by atoms with E-state index >= 15 is 0 Å². The van der Waals surface area contributed by atoms with E-state index in [4.69, 9.17) is 4.98 Å². The maximum Gasteiger partial charge on any atom is 0.166 e. The van der Waals surface area contributed by atoms with Crippen molar-refractivity contribution in [2.45, 2.75) is 40.0 Å². The summed E-state index contributed by atoms with van der Waals surface area (Å²) in [5.74, 6) is 1.78. The van der Waals surface area contributed by atoms with Gasteiger partial charge in [0, 0.05) is 10.6 Å². The van der Waals surface area contributed by atoms with E-state index in [-0.39, 0.29) is 0 Å². The molecule has 3 aromatic rings. The second-order valence-corrected chi connectivity index (χ2v) is 6.55. The van der Waals surface area contributed by atoms with Crippen LogP contribution >= 0.6 is 11.3 Å². The van der Waals surface area contributed by atoms with Gasteiger partial charge in [0.15, 0.2) is 5.82 Å². The molecule has 0 aliphatic heterocycles. The minimum Gasteiger partial charge on any atom is -0.222 e. The smallest absolute Gasteiger partial charge is 0.166 e. The van der Waals surface area contributed by atoms with Crippen LogP contribution in [0.1, 0.15) is 34.1 Å². The Morgan fingerprint density at radius 3 is 2.75 bits per heavy atom. The van der Waals surface area contributed by atoms with Gasteiger partial charge in [0.25, 0.3) is 0 Å². The highest BCUT2D eigenvalue weighted by Gasteiger charge is 2.23. The van der Waals surface area contributed by atoms with Crippen LogP contribution in [-0.2, 0) is 12.8 Å². The topological polar surface area (TPSA) is 43.6 Å². The average molecular weight is 284 g/mol. The zero-order valence-electron chi connectivity index (χ0n) is 11.9. The summed E-state index contributed by atoms with van der Waals surface area (Å²) in [7, 11) is 0. The second-order valence-electron chi connectivity index (χ2n) is 5.47. The lowest BCUT2D eigenvalue weighted by Crippen LogP contribution is -2.05. The molecule has 1 aliphatic rings. The van der Waals surface area contributed by atoms with Crippen molar-refractivity contribution in [1.29, 1.82) is 0 Å². The number of rotatable bonds is 1. The number of aromatic nitrogens is 4. The highest BCUT2D eigenvalue weighted by Crippen LogP contribution is 2.38. The third kappa shape index (κ3) is 1.62. The molecule has 0 aromatic carbocycles. The van der Waals surface area contributed by atoms with Crippen LogP contribution in [0.25, 0.3) is 16.0 Å². The van der Waals surface area contributed by atoms with Crippen molar-refractivity contribution >= 4 is 21.6 Å². The minimum atomic E-state index is 0.819. The quantitative estimate of drug-likeness (QED) is 0.688. The van der Waals surface area contributed by atoms with Gasteiger partial charge in [0.2, 0.25) is 0 Å². The molecular formula is C15H16N4S. The molecule has 3 heterocycles. The third-order valence-corrected chi connectivity index (χ3v) is 5.05.